The fourth-order valence-electron chi connectivity index (χ4n) is 5.51. The number of carbonyl (C=O) groups excluding carboxylic acids is 1. The maximum atomic E-state index is 12.3. The van der Waals surface area contributed by atoms with Gasteiger partial charge in [-0.1, -0.05) is 159 Å². The molecule has 0 aromatic carbocycles. The first-order valence-electron chi connectivity index (χ1n) is 19.4. The first-order valence-corrected chi connectivity index (χ1v) is 19.4. The predicted octanol–water partition coefficient (Wildman–Crippen LogP) is 11.6. The van der Waals surface area contributed by atoms with Crippen molar-refractivity contribution in [2.75, 3.05) is 6.61 Å². The predicted molar refractivity (Wildman–Crippen MR) is 198 cm³/mol. The summed E-state index contributed by atoms with van der Waals surface area (Å²) >= 11 is 0. The molecule has 0 bridgehead atoms. The average Bonchev–Trinajstić information content (AvgIpc) is 3.04. The molecule has 0 aromatic rings. The Morgan fingerprint density at radius 1 is 0.533 bits per heavy atom. The Hall–Kier alpha value is -1.65. The Labute approximate surface area is 280 Å². The topological polar surface area (TPSA) is 69.6 Å². The smallest absolute Gasteiger partial charge is 0.220 e. The molecule has 0 radical (unpaired) electrons. The third-order valence-corrected chi connectivity index (χ3v) is 8.55. The van der Waals surface area contributed by atoms with Crippen LogP contribution in [0, 0.1) is 0 Å². The largest absolute Gasteiger partial charge is 0.394 e. The van der Waals surface area contributed by atoms with E-state index in [0.717, 1.165) is 44.9 Å². The lowest BCUT2D eigenvalue weighted by Gasteiger charge is -2.19. The normalized spacial score (nSPS) is 13.6. The molecule has 0 spiro atoms. The highest BCUT2D eigenvalue weighted by molar-refractivity contribution is 5.76. The van der Waals surface area contributed by atoms with Gasteiger partial charge in [-0.25, -0.2) is 0 Å². The van der Waals surface area contributed by atoms with Crippen molar-refractivity contribution in [3.05, 3.63) is 48.6 Å². The van der Waals surface area contributed by atoms with Gasteiger partial charge in [-0.05, 0) is 70.6 Å². The molecule has 1 amide bonds. The number of amides is 1. The number of carbonyl (C=O) groups is 1. The van der Waals surface area contributed by atoms with Crippen LogP contribution in [0.2, 0.25) is 0 Å². The van der Waals surface area contributed by atoms with Gasteiger partial charge in [0, 0.05) is 6.42 Å². The van der Waals surface area contributed by atoms with Crippen molar-refractivity contribution in [3.8, 4) is 0 Å². The maximum Gasteiger partial charge on any atom is 0.220 e. The Bertz CT molecular complexity index is 726. The minimum atomic E-state index is -0.846. The maximum absolute atomic E-state index is 12.3. The van der Waals surface area contributed by atoms with Crippen molar-refractivity contribution >= 4 is 5.91 Å². The molecule has 0 saturated carbocycles. The van der Waals surface area contributed by atoms with Crippen LogP contribution in [-0.4, -0.2) is 34.9 Å². The average molecular weight is 630 g/mol. The van der Waals surface area contributed by atoms with Gasteiger partial charge in [0.25, 0.3) is 0 Å². The standard InChI is InChI=1S/C41H75NO3/c1-3-5-7-9-11-13-15-17-18-19-20-21-22-23-25-27-29-31-33-35-37-41(45)42-39(38-43)40(44)36-34-32-30-28-26-24-16-14-12-10-8-6-4-2/h11,13,15,17,25,27,34,36,39-40,43-44H,3-10,12,14,16,18-24,26,28-33,35,37-38H2,1-2H3,(H,42,45)/b13-11+,17-15+,27-25-,36-34+. The lowest BCUT2D eigenvalue weighted by Crippen LogP contribution is -2.45. The van der Waals surface area contributed by atoms with Gasteiger partial charge in [0.15, 0.2) is 0 Å². The molecule has 2 atom stereocenters. The molecule has 0 aliphatic carbocycles. The molecule has 0 rings (SSSR count). The Morgan fingerprint density at radius 3 is 1.40 bits per heavy atom. The lowest BCUT2D eigenvalue weighted by atomic mass is 10.0. The fourth-order valence-corrected chi connectivity index (χ4v) is 5.51. The van der Waals surface area contributed by atoms with Gasteiger partial charge in [0.1, 0.15) is 0 Å². The molecule has 0 aliphatic heterocycles. The number of aliphatic hydroxyl groups is 2. The summed E-state index contributed by atoms with van der Waals surface area (Å²) in [5, 5.41) is 22.9. The fraction of sp³-hybridized carbons (Fsp3) is 0.780. The van der Waals surface area contributed by atoms with Gasteiger partial charge in [-0.15, -0.1) is 0 Å². The molecule has 0 heterocycles. The van der Waals surface area contributed by atoms with Crippen LogP contribution in [0.3, 0.4) is 0 Å². The first-order chi connectivity index (χ1) is 22.2. The van der Waals surface area contributed by atoms with Gasteiger partial charge in [-0.3, -0.25) is 4.79 Å². The summed E-state index contributed by atoms with van der Waals surface area (Å²) in [6.07, 6.45) is 49.1. The van der Waals surface area contributed by atoms with Crippen molar-refractivity contribution < 1.29 is 15.0 Å². The molecular weight excluding hydrogens is 554 g/mol. The summed E-state index contributed by atoms with van der Waals surface area (Å²) in [5.41, 5.74) is 0. The van der Waals surface area contributed by atoms with Crippen molar-refractivity contribution in [1.82, 2.24) is 5.32 Å². The monoisotopic (exact) mass is 630 g/mol. The minimum Gasteiger partial charge on any atom is -0.394 e. The Kier molecular flexibility index (Phi) is 35.5. The van der Waals surface area contributed by atoms with Crippen LogP contribution < -0.4 is 5.32 Å². The second-order valence-corrected chi connectivity index (χ2v) is 13.0. The quantitative estimate of drug-likeness (QED) is 0.0377. The van der Waals surface area contributed by atoms with Crippen molar-refractivity contribution in [1.29, 1.82) is 0 Å². The zero-order chi connectivity index (χ0) is 32.9. The minimum absolute atomic E-state index is 0.0863. The molecule has 2 unspecified atom stereocenters. The number of nitrogens with one attached hydrogen (secondary N) is 1. The molecule has 4 nitrogen and oxygen atoms in total. The van der Waals surface area contributed by atoms with Gasteiger partial charge >= 0.3 is 0 Å². The van der Waals surface area contributed by atoms with Crippen LogP contribution in [0.1, 0.15) is 187 Å². The first kappa shape index (κ1) is 43.4. The van der Waals surface area contributed by atoms with Crippen molar-refractivity contribution in [2.45, 2.75) is 199 Å². The van der Waals surface area contributed by atoms with Crippen LogP contribution in [0.4, 0.5) is 0 Å². The molecular formula is C41H75NO3. The van der Waals surface area contributed by atoms with E-state index in [4.69, 9.17) is 0 Å². The number of unbranched alkanes of at least 4 members (excludes halogenated alkanes) is 22. The number of hydrogen-bond acceptors (Lipinski definition) is 3. The Balaban J connectivity index is 3.66. The summed E-state index contributed by atoms with van der Waals surface area (Å²) in [6, 6.07) is -0.632. The zero-order valence-corrected chi connectivity index (χ0v) is 29.9. The number of allylic oxidation sites excluding steroid dienone is 7. The van der Waals surface area contributed by atoms with Crippen LogP contribution in [0.25, 0.3) is 0 Å². The van der Waals surface area contributed by atoms with E-state index in [1.165, 1.54) is 122 Å². The Morgan fingerprint density at radius 2 is 0.911 bits per heavy atom. The van der Waals surface area contributed by atoms with E-state index >= 15 is 0 Å². The molecule has 0 fully saturated rings. The zero-order valence-electron chi connectivity index (χ0n) is 29.9. The van der Waals surface area contributed by atoms with Crippen LogP contribution in [-0.2, 0) is 4.79 Å². The van der Waals surface area contributed by atoms with E-state index in [1.54, 1.807) is 6.08 Å². The summed E-state index contributed by atoms with van der Waals surface area (Å²) in [6.45, 7) is 4.25. The highest BCUT2D eigenvalue weighted by atomic mass is 16.3. The van der Waals surface area contributed by atoms with Crippen LogP contribution in [0.15, 0.2) is 48.6 Å². The van der Waals surface area contributed by atoms with E-state index in [1.807, 2.05) is 6.08 Å². The van der Waals surface area contributed by atoms with Gasteiger partial charge < -0.3 is 15.5 Å². The van der Waals surface area contributed by atoms with Crippen molar-refractivity contribution in [2.24, 2.45) is 0 Å². The van der Waals surface area contributed by atoms with Gasteiger partial charge in [0.2, 0.25) is 5.91 Å². The second-order valence-electron chi connectivity index (χ2n) is 13.0. The number of aliphatic hydroxyl groups excluding tert-OH is 2. The molecule has 0 aromatic heterocycles. The lowest BCUT2D eigenvalue weighted by molar-refractivity contribution is -0.123. The molecule has 262 valence electrons. The summed E-state index contributed by atoms with van der Waals surface area (Å²) in [5.74, 6) is -0.0863. The summed E-state index contributed by atoms with van der Waals surface area (Å²) in [4.78, 5) is 12.3. The highest BCUT2D eigenvalue weighted by Gasteiger charge is 2.17. The third kappa shape index (κ3) is 33.5. The van der Waals surface area contributed by atoms with E-state index in [-0.39, 0.29) is 12.5 Å². The van der Waals surface area contributed by atoms with Crippen molar-refractivity contribution in [3.63, 3.8) is 0 Å². The summed E-state index contributed by atoms with van der Waals surface area (Å²) in [7, 11) is 0. The molecule has 3 N–H and O–H groups in total. The van der Waals surface area contributed by atoms with E-state index in [9.17, 15) is 15.0 Å². The molecule has 4 heteroatoms. The third-order valence-electron chi connectivity index (χ3n) is 8.55. The second kappa shape index (κ2) is 36.8. The highest BCUT2D eigenvalue weighted by Crippen LogP contribution is 2.13. The molecule has 0 saturated heterocycles. The van der Waals surface area contributed by atoms with Gasteiger partial charge in [0.05, 0.1) is 18.8 Å². The number of rotatable bonds is 34. The van der Waals surface area contributed by atoms with Crippen LogP contribution >= 0.6 is 0 Å². The van der Waals surface area contributed by atoms with E-state index < -0.39 is 12.1 Å². The van der Waals surface area contributed by atoms with E-state index in [2.05, 4.69) is 55.6 Å². The molecule has 45 heavy (non-hydrogen) atoms. The number of hydrogen-bond donors (Lipinski definition) is 3. The van der Waals surface area contributed by atoms with Crippen LogP contribution in [0.5, 0.6) is 0 Å². The van der Waals surface area contributed by atoms with Gasteiger partial charge in [-0.2, -0.15) is 0 Å². The summed E-state index contributed by atoms with van der Waals surface area (Å²) < 4.78 is 0. The van der Waals surface area contributed by atoms with E-state index in [0.29, 0.717) is 6.42 Å². The molecule has 0 aliphatic rings. The SMILES string of the molecule is CCCCC/C=C/C=C/CCCCCC/C=C\CCCCCC(=O)NC(CO)C(O)/C=C/CCCCCCCCCCCCC.